The summed E-state index contributed by atoms with van der Waals surface area (Å²) in [5.41, 5.74) is 2.21. The quantitative estimate of drug-likeness (QED) is 0.851. The van der Waals surface area contributed by atoms with Gasteiger partial charge in [0.2, 0.25) is 5.91 Å². The largest absolute Gasteiger partial charge is 0.482 e. The van der Waals surface area contributed by atoms with Crippen molar-refractivity contribution in [2.75, 3.05) is 23.4 Å². The first-order valence-corrected chi connectivity index (χ1v) is 7.38. The van der Waals surface area contributed by atoms with Crippen LogP contribution >= 0.6 is 0 Å². The van der Waals surface area contributed by atoms with Gasteiger partial charge in [0.05, 0.1) is 5.69 Å². The average Bonchev–Trinajstić information content (AvgIpc) is 2.41. The molecule has 118 valence electrons. The zero-order valence-corrected chi connectivity index (χ0v) is 13.3. The molecule has 5 heteroatoms. The molecule has 2 amide bonds. The standard InChI is InChI=1S/C17H22N2O3/c1-11(2)7-16(20)18-13-5-6-15-14(8-13)19(9-12(3)4)17(21)10-22-15/h5-6,8,11H,3,7,9-10H2,1-2,4H3,(H,18,20). The van der Waals surface area contributed by atoms with Crippen LogP contribution in [-0.4, -0.2) is 25.0 Å². The maximum atomic E-state index is 12.0. The van der Waals surface area contributed by atoms with Gasteiger partial charge in [-0.2, -0.15) is 0 Å². The molecule has 0 bridgehead atoms. The van der Waals surface area contributed by atoms with E-state index in [1.807, 2.05) is 20.8 Å². The van der Waals surface area contributed by atoms with Gasteiger partial charge in [0.25, 0.3) is 5.91 Å². The minimum absolute atomic E-state index is 0.0271. The number of hydrogen-bond acceptors (Lipinski definition) is 3. The lowest BCUT2D eigenvalue weighted by Gasteiger charge is -2.30. The Balaban J connectivity index is 2.24. The highest BCUT2D eigenvalue weighted by Crippen LogP contribution is 2.35. The Hall–Kier alpha value is -2.30. The van der Waals surface area contributed by atoms with Crippen LogP contribution in [0.25, 0.3) is 0 Å². The molecule has 0 atom stereocenters. The van der Waals surface area contributed by atoms with Crippen LogP contribution in [0.2, 0.25) is 0 Å². The predicted molar refractivity (Wildman–Crippen MR) is 87.2 cm³/mol. The van der Waals surface area contributed by atoms with Gasteiger partial charge in [0.15, 0.2) is 6.61 Å². The van der Waals surface area contributed by atoms with E-state index in [0.29, 0.717) is 36.0 Å². The Morgan fingerprint density at radius 3 is 2.82 bits per heavy atom. The summed E-state index contributed by atoms with van der Waals surface area (Å²) in [6.45, 7) is 10.2. The Bertz CT molecular complexity index is 608. The van der Waals surface area contributed by atoms with E-state index in [4.69, 9.17) is 4.74 Å². The van der Waals surface area contributed by atoms with Gasteiger partial charge in [-0.3, -0.25) is 9.59 Å². The third-order valence-corrected chi connectivity index (χ3v) is 3.21. The zero-order valence-electron chi connectivity index (χ0n) is 13.3. The molecular weight excluding hydrogens is 280 g/mol. The van der Waals surface area contributed by atoms with Gasteiger partial charge in [-0.25, -0.2) is 0 Å². The SMILES string of the molecule is C=C(C)CN1C(=O)COc2ccc(NC(=O)CC(C)C)cc21. The minimum Gasteiger partial charge on any atom is -0.482 e. The van der Waals surface area contributed by atoms with E-state index in [0.717, 1.165) is 5.57 Å². The molecule has 1 aliphatic rings. The van der Waals surface area contributed by atoms with E-state index in [1.54, 1.807) is 23.1 Å². The number of anilines is 2. The summed E-state index contributed by atoms with van der Waals surface area (Å²) in [5, 5.41) is 2.86. The van der Waals surface area contributed by atoms with E-state index in [9.17, 15) is 9.59 Å². The van der Waals surface area contributed by atoms with Gasteiger partial charge < -0.3 is 15.0 Å². The van der Waals surface area contributed by atoms with Crippen molar-refractivity contribution in [3.63, 3.8) is 0 Å². The predicted octanol–water partition coefficient (Wildman–Crippen LogP) is 2.97. The zero-order chi connectivity index (χ0) is 16.3. The first kappa shape index (κ1) is 16.1. The molecule has 1 N–H and O–H groups in total. The molecule has 0 spiro atoms. The lowest BCUT2D eigenvalue weighted by Crippen LogP contribution is -2.39. The molecule has 5 nitrogen and oxygen atoms in total. The monoisotopic (exact) mass is 302 g/mol. The molecule has 1 aromatic rings. The molecule has 0 fully saturated rings. The van der Waals surface area contributed by atoms with Crippen molar-refractivity contribution < 1.29 is 14.3 Å². The maximum Gasteiger partial charge on any atom is 0.265 e. The third-order valence-electron chi connectivity index (χ3n) is 3.21. The molecule has 0 unspecified atom stereocenters. The van der Waals surface area contributed by atoms with E-state index >= 15 is 0 Å². The van der Waals surface area contributed by atoms with Crippen molar-refractivity contribution in [3.8, 4) is 5.75 Å². The second kappa shape index (κ2) is 6.64. The highest BCUT2D eigenvalue weighted by atomic mass is 16.5. The molecule has 1 heterocycles. The number of amides is 2. The van der Waals surface area contributed by atoms with Gasteiger partial charge in [0, 0.05) is 18.7 Å². The van der Waals surface area contributed by atoms with E-state index in [1.165, 1.54) is 0 Å². The number of fused-ring (bicyclic) bond motifs is 1. The summed E-state index contributed by atoms with van der Waals surface area (Å²) in [6, 6.07) is 5.33. The van der Waals surface area contributed by atoms with E-state index in [-0.39, 0.29) is 18.4 Å². The van der Waals surface area contributed by atoms with E-state index in [2.05, 4.69) is 11.9 Å². The smallest absolute Gasteiger partial charge is 0.265 e. The van der Waals surface area contributed by atoms with Crippen LogP contribution in [-0.2, 0) is 9.59 Å². The summed E-state index contributed by atoms with van der Waals surface area (Å²) in [4.78, 5) is 25.6. The Labute approximate surface area is 130 Å². The third kappa shape index (κ3) is 3.87. The first-order chi connectivity index (χ1) is 10.4. The summed E-state index contributed by atoms with van der Waals surface area (Å²) in [6.07, 6.45) is 0.460. The number of nitrogens with zero attached hydrogens (tertiary/aromatic N) is 1. The summed E-state index contributed by atoms with van der Waals surface area (Å²) in [5.74, 6) is 0.788. The molecular formula is C17H22N2O3. The van der Waals surface area contributed by atoms with Crippen LogP contribution in [0.3, 0.4) is 0 Å². The molecule has 0 radical (unpaired) electrons. The number of ether oxygens (including phenoxy) is 1. The van der Waals surface area contributed by atoms with Crippen molar-refractivity contribution in [1.29, 1.82) is 0 Å². The van der Waals surface area contributed by atoms with Crippen LogP contribution in [0.1, 0.15) is 27.2 Å². The second-order valence-electron chi connectivity index (χ2n) is 6.05. The van der Waals surface area contributed by atoms with Crippen LogP contribution < -0.4 is 15.0 Å². The number of rotatable bonds is 5. The van der Waals surface area contributed by atoms with E-state index < -0.39 is 0 Å². The number of nitrogens with one attached hydrogen (secondary N) is 1. The van der Waals surface area contributed by atoms with Gasteiger partial charge in [-0.15, -0.1) is 0 Å². The van der Waals surface area contributed by atoms with Crippen LogP contribution in [0.15, 0.2) is 30.4 Å². The summed E-state index contributed by atoms with van der Waals surface area (Å²) in [7, 11) is 0. The average molecular weight is 302 g/mol. The Kier molecular flexibility index (Phi) is 4.85. The fraction of sp³-hybridized carbons (Fsp3) is 0.412. The summed E-state index contributed by atoms with van der Waals surface area (Å²) >= 11 is 0. The Morgan fingerprint density at radius 2 is 2.18 bits per heavy atom. The number of hydrogen-bond donors (Lipinski definition) is 1. The van der Waals surface area contributed by atoms with Gasteiger partial charge in [-0.05, 0) is 31.0 Å². The van der Waals surface area contributed by atoms with Gasteiger partial charge >= 0.3 is 0 Å². The van der Waals surface area contributed by atoms with Crippen molar-refractivity contribution in [3.05, 3.63) is 30.4 Å². The van der Waals surface area contributed by atoms with Gasteiger partial charge in [0.1, 0.15) is 5.75 Å². The molecule has 1 aromatic carbocycles. The number of carbonyl (C=O) groups excluding carboxylic acids is 2. The molecule has 2 rings (SSSR count). The lowest BCUT2D eigenvalue weighted by molar-refractivity contribution is -0.121. The normalized spacial score (nSPS) is 13.6. The number of benzene rings is 1. The van der Waals surface area contributed by atoms with Crippen molar-refractivity contribution in [1.82, 2.24) is 0 Å². The fourth-order valence-electron chi connectivity index (χ4n) is 2.31. The van der Waals surface area contributed by atoms with Gasteiger partial charge in [-0.1, -0.05) is 26.0 Å². The molecule has 0 saturated heterocycles. The fourth-order valence-corrected chi connectivity index (χ4v) is 2.31. The molecule has 0 saturated carbocycles. The maximum absolute atomic E-state index is 12.0. The highest BCUT2D eigenvalue weighted by Gasteiger charge is 2.25. The lowest BCUT2D eigenvalue weighted by atomic mass is 10.1. The van der Waals surface area contributed by atoms with Crippen LogP contribution in [0, 0.1) is 5.92 Å². The van der Waals surface area contributed by atoms with Crippen molar-refractivity contribution in [2.24, 2.45) is 5.92 Å². The molecule has 0 aliphatic carbocycles. The number of carbonyl (C=O) groups is 2. The molecule has 22 heavy (non-hydrogen) atoms. The first-order valence-electron chi connectivity index (χ1n) is 7.38. The summed E-state index contributed by atoms with van der Waals surface area (Å²) < 4.78 is 5.44. The molecule has 0 aromatic heterocycles. The van der Waals surface area contributed by atoms with Crippen molar-refractivity contribution >= 4 is 23.2 Å². The van der Waals surface area contributed by atoms with Crippen LogP contribution in [0.4, 0.5) is 11.4 Å². The second-order valence-corrected chi connectivity index (χ2v) is 6.05. The Morgan fingerprint density at radius 1 is 1.45 bits per heavy atom. The van der Waals surface area contributed by atoms with Crippen molar-refractivity contribution in [2.45, 2.75) is 27.2 Å². The van der Waals surface area contributed by atoms with Crippen LogP contribution in [0.5, 0.6) is 5.75 Å². The minimum atomic E-state index is -0.110. The topological polar surface area (TPSA) is 58.6 Å². The highest BCUT2D eigenvalue weighted by molar-refractivity contribution is 5.99. The molecule has 1 aliphatic heterocycles.